The van der Waals surface area contributed by atoms with E-state index in [1.165, 1.54) is 64.2 Å². The second-order valence-corrected chi connectivity index (χ2v) is 7.10. The molecule has 0 radical (unpaired) electrons. The van der Waals surface area contributed by atoms with Gasteiger partial charge in [0.05, 0.1) is 0 Å². The highest BCUT2D eigenvalue weighted by atomic mass is 14.4. The van der Waals surface area contributed by atoms with Crippen LogP contribution in [0.5, 0.6) is 0 Å². The van der Waals surface area contributed by atoms with E-state index in [-0.39, 0.29) is 0 Å². The monoisotopic (exact) mass is 274 g/mol. The smallest absolute Gasteiger partial charge is 0.0231 e. The van der Waals surface area contributed by atoms with Crippen LogP contribution in [-0.2, 0) is 0 Å². The molecule has 0 amide bonds. The summed E-state index contributed by atoms with van der Waals surface area (Å²) in [6, 6.07) is 0. The second-order valence-electron chi connectivity index (χ2n) is 7.10. The molecule has 0 aromatic rings. The lowest BCUT2D eigenvalue weighted by molar-refractivity contribution is 0.125. The number of allylic oxidation sites excluding steroid dienone is 4. The summed E-state index contributed by atoms with van der Waals surface area (Å²) >= 11 is 0. The summed E-state index contributed by atoms with van der Waals surface area (Å²) in [4.78, 5) is 0. The first-order valence-corrected chi connectivity index (χ1v) is 9.16. The van der Waals surface area contributed by atoms with E-state index in [4.69, 9.17) is 0 Å². The maximum absolute atomic E-state index is 2.53. The Labute approximate surface area is 126 Å². The van der Waals surface area contributed by atoms with Gasteiger partial charge in [0.1, 0.15) is 0 Å². The maximum atomic E-state index is 2.53. The zero-order chi connectivity index (χ0) is 14.2. The summed E-state index contributed by atoms with van der Waals surface area (Å²) < 4.78 is 0. The molecule has 0 aromatic carbocycles. The summed E-state index contributed by atoms with van der Waals surface area (Å²) in [5.74, 6) is 3.87. The van der Waals surface area contributed by atoms with E-state index >= 15 is 0 Å². The maximum Gasteiger partial charge on any atom is -0.0231 e. The van der Waals surface area contributed by atoms with Gasteiger partial charge in [0.15, 0.2) is 0 Å². The zero-order valence-electron chi connectivity index (χ0n) is 13.7. The molecule has 114 valence electrons. The largest absolute Gasteiger partial charge is 0.0883 e. The molecule has 0 heteroatoms. The van der Waals surface area contributed by atoms with Gasteiger partial charge < -0.3 is 0 Å². The SMILES string of the molecule is CCC/C=C/C1CCC2CC(/C=C/CCC)CCC2C1. The summed E-state index contributed by atoms with van der Waals surface area (Å²) in [7, 11) is 0. The molecule has 20 heavy (non-hydrogen) atoms. The minimum absolute atomic E-state index is 0.898. The molecule has 0 spiro atoms. The van der Waals surface area contributed by atoms with E-state index in [9.17, 15) is 0 Å². The van der Waals surface area contributed by atoms with E-state index in [1.807, 2.05) is 0 Å². The van der Waals surface area contributed by atoms with Crippen LogP contribution in [0.25, 0.3) is 0 Å². The fourth-order valence-electron chi connectivity index (χ4n) is 4.22. The van der Waals surface area contributed by atoms with E-state index in [0.717, 1.165) is 23.7 Å². The summed E-state index contributed by atoms with van der Waals surface area (Å²) in [6.07, 6.45) is 23.9. The lowest BCUT2D eigenvalue weighted by atomic mass is 9.65. The highest BCUT2D eigenvalue weighted by molar-refractivity contribution is 4.98. The lowest BCUT2D eigenvalue weighted by Gasteiger charge is -2.41. The van der Waals surface area contributed by atoms with Crippen LogP contribution in [0.2, 0.25) is 0 Å². The van der Waals surface area contributed by atoms with Crippen LogP contribution >= 0.6 is 0 Å². The van der Waals surface area contributed by atoms with E-state index < -0.39 is 0 Å². The average molecular weight is 274 g/mol. The molecule has 2 aliphatic carbocycles. The first-order chi connectivity index (χ1) is 9.83. The van der Waals surface area contributed by atoms with E-state index in [2.05, 4.69) is 38.2 Å². The van der Waals surface area contributed by atoms with E-state index in [0.29, 0.717) is 0 Å². The Bertz CT molecular complexity index is 280. The van der Waals surface area contributed by atoms with Gasteiger partial charge >= 0.3 is 0 Å². The van der Waals surface area contributed by atoms with Crippen molar-refractivity contribution < 1.29 is 0 Å². The molecule has 2 aliphatic rings. The Balaban J connectivity index is 1.77. The van der Waals surface area contributed by atoms with Crippen molar-refractivity contribution in [1.29, 1.82) is 0 Å². The van der Waals surface area contributed by atoms with Crippen molar-refractivity contribution in [2.75, 3.05) is 0 Å². The third-order valence-corrected chi connectivity index (χ3v) is 5.42. The topological polar surface area (TPSA) is 0 Å². The lowest BCUT2D eigenvalue weighted by Crippen LogP contribution is -2.30. The van der Waals surface area contributed by atoms with Gasteiger partial charge in [-0.15, -0.1) is 0 Å². The summed E-state index contributed by atoms with van der Waals surface area (Å²) in [6.45, 7) is 4.54. The number of hydrogen-bond donors (Lipinski definition) is 0. The molecular weight excluding hydrogens is 240 g/mol. The van der Waals surface area contributed by atoms with Crippen molar-refractivity contribution in [3.63, 3.8) is 0 Å². The van der Waals surface area contributed by atoms with Crippen molar-refractivity contribution in [3.8, 4) is 0 Å². The highest BCUT2D eigenvalue weighted by Crippen LogP contribution is 2.45. The molecule has 2 saturated carbocycles. The van der Waals surface area contributed by atoms with E-state index in [1.54, 1.807) is 0 Å². The van der Waals surface area contributed by atoms with Gasteiger partial charge in [-0.1, -0.05) is 51.0 Å². The van der Waals surface area contributed by atoms with Gasteiger partial charge in [-0.2, -0.15) is 0 Å². The van der Waals surface area contributed by atoms with Crippen molar-refractivity contribution in [2.24, 2.45) is 23.7 Å². The summed E-state index contributed by atoms with van der Waals surface area (Å²) in [5.41, 5.74) is 0. The van der Waals surface area contributed by atoms with Crippen LogP contribution in [0, 0.1) is 23.7 Å². The predicted molar refractivity (Wildman–Crippen MR) is 89.8 cm³/mol. The van der Waals surface area contributed by atoms with Crippen LogP contribution in [0.15, 0.2) is 24.3 Å². The quantitative estimate of drug-likeness (QED) is 0.483. The van der Waals surface area contributed by atoms with Crippen molar-refractivity contribution >= 4 is 0 Å². The molecule has 4 unspecified atom stereocenters. The Morgan fingerprint density at radius 1 is 0.700 bits per heavy atom. The number of unbranched alkanes of at least 4 members (excludes halogenated alkanes) is 2. The third kappa shape index (κ3) is 4.79. The van der Waals surface area contributed by atoms with Gasteiger partial charge in [0.25, 0.3) is 0 Å². The Morgan fingerprint density at radius 2 is 1.15 bits per heavy atom. The number of rotatable bonds is 6. The van der Waals surface area contributed by atoms with Crippen LogP contribution in [0.4, 0.5) is 0 Å². The molecule has 4 atom stereocenters. The average Bonchev–Trinajstić information content (AvgIpc) is 2.48. The van der Waals surface area contributed by atoms with Crippen LogP contribution < -0.4 is 0 Å². The molecule has 2 fully saturated rings. The normalized spacial score (nSPS) is 34.7. The minimum atomic E-state index is 0.898. The Kier molecular flexibility index (Phi) is 6.90. The molecular formula is C20H34. The van der Waals surface area contributed by atoms with Crippen LogP contribution in [-0.4, -0.2) is 0 Å². The third-order valence-electron chi connectivity index (χ3n) is 5.42. The van der Waals surface area contributed by atoms with Gasteiger partial charge in [-0.3, -0.25) is 0 Å². The molecule has 0 saturated heterocycles. The van der Waals surface area contributed by atoms with Gasteiger partial charge in [-0.05, 0) is 75.0 Å². The molecule has 0 N–H and O–H groups in total. The van der Waals surface area contributed by atoms with Gasteiger partial charge in [0, 0.05) is 0 Å². The fourth-order valence-corrected chi connectivity index (χ4v) is 4.22. The molecule has 0 aromatic heterocycles. The molecule has 0 bridgehead atoms. The summed E-state index contributed by atoms with van der Waals surface area (Å²) in [5, 5.41) is 0. The Hall–Kier alpha value is -0.520. The zero-order valence-corrected chi connectivity index (χ0v) is 13.7. The van der Waals surface area contributed by atoms with Crippen LogP contribution in [0.3, 0.4) is 0 Å². The van der Waals surface area contributed by atoms with Crippen LogP contribution in [0.1, 0.15) is 78.1 Å². The Morgan fingerprint density at radius 3 is 1.55 bits per heavy atom. The minimum Gasteiger partial charge on any atom is -0.0883 e. The standard InChI is InChI=1S/C20H34/c1-3-5-7-9-17-11-13-20-16-18(10-8-6-4-2)12-14-19(20)15-17/h7-10,17-20H,3-6,11-16H2,1-2H3/b9-7+,10-8+. The molecule has 0 heterocycles. The first kappa shape index (κ1) is 15.9. The molecule has 2 rings (SSSR count). The first-order valence-electron chi connectivity index (χ1n) is 9.16. The molecule has 0 nitrogen and oxygen atoms in total. The van der Waals surface area contributed by atoms with Gasteiger partial charge in [-0.25, -0.2) is 0 Å². The fraction of sp³-hybridized carbons (Fsp3) is 0.800. The molecule has 0 aliphatic heterocycles. The highest BCUT2D eigenvalue weighted by Gasteiger charge is 2.33. The van der Waals surface area contributed by atoms with Crippen molar-refractivity contribution in [2.45, 2.75) is 78.1 Å². The van der Waals surface area contributed by atoms with Gasteiger partial charge in [0.2, 0.25) is 0 Å². The van der Waals surface area contributed by atoms with Crippen molar-refractivity contribution in [1.82, 2.24) is 0 Å². The van der Waals surface area contributed by atoms with Crippen molar-refractivity contribution in [3.05, 3.63) is 24.3 Å². The number of fused-ring (bicyclic) bond motifs is 1. The second kappa shape index (κ2) is 8.70. The number of hydrogen-bond acceptors (Lipinski definition) is 0. The predicted octanol–water partition coefficient (Wildman–Crippen LogP) is 6.53.